The van der Waals surface area contributed by atoms with Gasteiger partial charge in [-0.3, -0.25) is 0 Å². The molecule has 0 heterocycles. The number of benzene rings is 2. The highest BCUT2D eigenvalue weighted by molar-refractivity contribution is 6.74. The van der Waals surface area contributed by atoms with E-state index in [0.29, 0.717) is 25.7 Å². The molecule has 2 rings (SSSR count). The smallest absolute Gasteiger partial charge is 0.192 e. The van der Waals surface area contributed by atoms with Crippen LogP contribution in [0.5, 0.6) is 5.75 Å². The van der Waals surface area contributed by atoms with E-state index in [1.165, 1.54) is 22.3 Å². The van der Waals surface area contributed by atoms with Crippen LogP contribution in [0.4, 0.5) is 0 Å². The average Bonchev–Trinajstić information content (AvgIpc) is 2.84. The third-order valence-electron chi connectivity index (χ3n) is 8.60. The Morgan fingerprint density at radius 1 is 0.775 bits per heavy atom. The first-order valence-corrected chi connectivity index (χ1v) is 20.6. The van der Waals surface area contributed by atoms with Crippen molar-refractivity contribution in [2.45, 2.75) is 118 Å². The summed E-state index contributed by atoms with van der Waals surface area (Å²) in [6.07, 6.45) is 6.51. The number of hydrogen-bond acceptors (Lipinski definition) is 3. The predicted molar refractivity (Wildman–Crippen MR) is 179 cm³/mol. The van der Waals surface area contributed by atoms with Gasteiger partial charge in [-0.2, -0.15) is 0 Å². The molecule has 0 atom stereocenters. The first-order valence-electron chi connectivity index (χ1n) is 14.8. The molecular formula is C35H56O3Si2. The minimum absolute atomic E-state index is 0.160. The quantitative estimate of drug-likeness (QED) is 0.185. The van der Waals surface area contributed by atoms with Crippen LogP contribution < -0.4 is 4.74 Å². The largest absolute Gasteiger partial charge is 0.489 e. The zero-order valence-electron chi connectivity index (χ0n) is 27.7. The van der Waals surface area contributed by atoms with E-state index in [4.69, 9.17) is 13.6 Å². The van der Waals surface area contributed by atoms with Crippen LogP contribution in [0.15, 0.2) is 60.7 Å². The van der Waals surface area contributed by atoms with Crippen LogP contribution >= 0.6 is 0 Å². The van der Waals surface area contributed by atoms with E-state index in [-0.39, 0.29) is 10.1 Å². The number of allylic oxidation sites excluding steroid dienone is 4. The molecule has 0 aromatic heterocycles. The first-order chi connectivity index (χ1) is 18.3. The van der Waals surface area contributed by atoms with Gasteiger partial charge in [0, 0.05) is 0 Å². The molecule has 0 saturated carbocycles. The zero-order valence-corrected chi connectivity index (χ0v) is 29.7. The molecule has 40 heavy (non-hydrogen) atoms. The summed E-state index contributed by atoms with van der Waals surface area (Å²) < 4.78 is 19.6. The number of rotatable bonds is 12. The van der Waals surface area contributed by atoms with Crippen molar-refractivity contribution in [1.29, 1.82) is 0 Å². The molecular weight excluding hydrogens is 525 g/mol. The Hall–Kier alpha value is -1.93. The fraction of sp³-hybridized carbons (Fsp3) is 0.543. The molecule has 0 aliphatic carbocycles. The van der Waals surface area contributed by atoms with Crippen molar-refractivity contribution in [1.82, 2.24) is 0 Å². The second-order valence-electron chi connectivity index (χ2n) is 14.5. The maximum atomic E-state index is 6.67. The molecule has 2 aromatic carbocycles. The van der Waals surface area contributed by atoms with E-state index in [9.17, 15) is 0 Å². The summed E-state index contributed by atoms with van der Waals surface area (Å²) in [7, 11) is -3.76. The van der Waals surface area contributed by atoms with Crippen LogP contribution in [-0.4, -0.2) is 16.6 Å². The van der Waals surface area contributed by atoms with Crippen LogP contribution in [-0.2, 0) is 28.7 Å². The summed E-state index contributed by atoms with van der Waals surface area (Å²) in [5, 5.41) is 0.332. The van der Waals surface area contributed by atoms with Crippen molar-refractivity contribution in [2.24, 2.45) is 5.92 Å². The van der Waals surface area contributed by atoms with Gasteiger partial charge in [0.2, 0.25) is 0 Å². The lowest BCUT2D eigenvalue weighted by atomic mass is 10.1. The molecule has 0 radical (unpaired) electrons. The van der Waals surface area contributed by atoms with Gasteiger partial charge >= 0.3 is 0 Å². The zero-order chi connectivity index (χ0) is 30.4. The van der Waals surface area contributed by atoms with Gasteiger partial charge < -0.3 is 13.6 Å². The molecule has 0 saturated heterocycles. The summed E-state index contributed by atoms with van der Waals surface area (Å²) in [6.45, 7) is 31.2. The minimum Gasteiger partial charge on any atom is -0.489 e. The number of hydrogen-bond donors (Lipinski definition) is 0. The van der Waals surface area contributed by atoms with Crippen molar-refractivity contribution in [2.75, 3.05) is 0 Å². The lowest BCUT2D eigenvalue weighted by Crippen LogP contribution is -2.41. The van der Waals surface area contributed by atoms with Gasteiger partial charge in [-0.15, -0.1) is 0 Å². The van der Waals surface area contributed by atoms with Crippen molar-refractivity contribution in [3.05, 3.63) is 82.9 Å². The van der Waals surface area contributed by atoms with Gasteiger partial charge in [0.1, 0.15) is 12.4 Å². The molecule has 5 heteroatoms. The van der Waals surface area contributed by atoms with Crippen molar-refractivity contribution in [3.63, 3.8) is 0 Å². The SMILES string of the molecule is CC(=CC=CC(C)C)c1cccc(OCc2ccc(CO[Si](C)(C)C(C)(C)C)c(CO[Si](C)(C)C(C)(C)C)c2)c1. The Bertz CT molecular complexity index is 1160. The summed E-state index contributed by atoms with van der Waals surface area (Å²) >= 11 is 0. The molecule has 0 unspecified atom stereocenters. The standard InChI is InChI=1S/C35H56O3Si2/c1-27(2)16-14-17-28(3)30-18-15-19-33(23-30)36-24-29-20-21-31(25-37-39(10,11)34(4,5)6)32(22-29)26-38-40(12,13)35(7,8)9/h14-23,27H,24-26H2,1-13H3. The third kappa shape index (κ3) is 10.2. The van der Waals surface area contributed by atoms with E-state index in [0.717, 1.165) is 11.3 Å². The summed E-state index contributed by atoms with van der Waals surface area (Å²) in [4.78, 5) is 0. The lowest BCUT2D eigenvalue weighted by Gasteiger charge is -2.37. The number of ether oxygens (including phenoxy) is 1. The highest BCUT2D eigenvalue weighted by Gasteiger charge is 2.38. The van der Waals surface area contributed by atoms with Gasteiger partial charge in [0.25, 0.3) is 0 Å². The molecule has 3 nitrogen and oxygen atoms in total. The van der Waals surface area contributed by atoms with E-state index in [1.807, 2.05) is 6.07 Å². The fourth-order valence-electron chi connectivity index (χ4n) is 3.51. The van der Waals surface area contributed by atoms with Gasteiger partial charge in [0.15, 0.2) is 16.6 Å². The van der Waals surface area contributed by atoms with Crippen LogP contribution in [0.2, 0.25) is 36.3 Å². The maximum Gasteiger partial charge on any atom is 0.192 e. The lowest BCUT2D eigenvalue weighted by molar-refractivity contribution is 0.256. The topological polar surface area (TPSA) is 27.7 Å². The minimum atomic E-state index is -1.90. The summed E-state index contributed by atoms with van der Waals surface area (Å²) in [6, 6.07) is 15.0. The second-order valence-corrected chi connectivity index (χ2v) is 24.1. The van der Waals surface area contributed by atoms with Crippen LogP contribution in [0, 0.1) is 5.92 Å². The molecule has 222 valence electrons. The Balaban J connectivity index is 2.25. The summed E-state index contributed by atoms with van der Waals surface area (Å²) in [5.41, 5.74) is 5.95. The van der Waals surface area contributed by atoms with Gasteiger partial charge in [0.05, 0.1) is 13.2 Å². The van der Waals surface area contributed by atoms with Crippen LogP contribution in [0.1, 0.15) is 84.6 Å². The molecule has 0 aliphatic heterocycles. The first kappa shape index (κ1) is 34.3. The highest BCUT2D eigenvalue weighted by atomic mass is 28.4. The van der Waals surface area contributed by atoms with E-state index < -0.39 is 16.6 Å². The average molecular weight is 581 g/mol. The monoisotopic (exact) mass is 580 g/mol. The molecule has 0 aliphatic rings. The Morgan fingerprint density at radius 3 is 1.90 bits per heavy atom. The molecule has 0 bridgehead atoms. The van der Waals surface area contributed by atoms with Gasteiger partial charge in [-0.05, 0) is 95.1 Å². The van der Waals surface area contributed by atoms with E-state index >= 15 is 0 Å². The van der Waals surface area contributed by atoms with Gasteiger partial charge in [-0.25, -0.2) is 0 Å². The predicted octanol–water partition coefficient (Wildman–Crippen LogP) is 10.9. The van der Waals surface area contributed by atoms with Crippen molar-refractivity contribution >= 4 is 22.2 Å². The van der Waals surface area contributed by atoms with Crippen LogP contribution in [0.25, 0.3) is 5.57 Å². The molecule has 0 N–H and O–H groups in total. The van der Waals surface area contributed by atoms with E-state index in [1.54, 1.807) is 0 Å². The fourth-order valence-corrected chi connectivity index (χ4v) is 5.41. The van der Waals surface area contributed by atoms with Crippen molar-refractivity contribution in [3.8, 4) is 5.75 Å². The normalized spacial score (nSPS) is 13.9. The van der Waals surface area contributed by atoms with Crippen LogP contribution in [0.3, 0.4) is 0 Å². The third-order valence-corrected chi connectivity index (χ3v) is 17.6. The summed E-state index contributed by atoms with van der Waals surface area (Å²) in [5.74, 6) is 1.42. The van der Waals surface area contributed by atoms with Gasteiger partial charge in [-0.1, -0.05) is 97.9 Å². The Morgan fingerprint density at radius 2 is 1.35 bits per heavy atom. The van der Waals surface area contributed by atoms with E-state index in [2.05, 4.69) is 143 Å². The highest BCUT2D eigenvalue weighted by Crippen LogP contribution is 2.39. The Labute approximate surface area is 248 Å². The molecule has 0 fully saturated rings. The molecule has 2 aromatic rings. The van der Waals surface area contributed by atoms with Crippen molar-refractivity contribution < 1.29 is 13.6 Å². The second kappa shape index (κ2) is 13.8. The molecule has 0 spiro atoms. The molecule has 0 amide bonds. The Kier molecular flexibility index (Phi) is 11.8. The maximum absolute atomic E-state index is 6.67.